The molecule has 1 amide bonds. The van der Waals surface area contributed by atoms with Crippen LogP contribution in [0.15, 0.2) is 30.3 Å². The average Bonchev–Trinajstić information content (AvgIpc) is 3.15. The molecular formula is C20H25NO9. The van der Waals surface area contributed by atoms with Crippen LogP contribution in [0.5, 0.6) is 0 Å². The lowest BCUT2D eigenvalue weighted by Crippen LogP contribution is -2.65. The van der Waals surface area contributed by atoms with Crippen molar-refractivity contribution in [1.29, 1.82) is 0 Å². The highest BCUT2D eigenvalue weighted by Crippen LogP contribution is 2.43. The molecule has 164 valence electrons. The number of rotatable bonds is 6. The van der Waals surface area contributed by atoms with Gasteiger partial charge in [0, 0.05) is 6.92 Å². The summed E-state index contributed by atoms with van der Waals surface area (Å²) in [5.74, 6) is -2.14. The number of carbonyl (C=O) groups is 3. The van der Waals surface area contributed by atoms with Crippen LogP contribution < -0.4 is 5.32 Å². The Labute approximate surface area is 173 Å². The Morgan fingerprint density at radius 3 is 2.43 bits per heavy atom. The summed E-state index contributed by atoms with van der Waals surface area (Å²) >= 11 is 0. The Morgan fingerprint density at radius 2 is 1.80 bits per heavy atom. The van der Waals surface area contributed by atoms with Gasteiger partial charge in [0.2, 0.25) is 0 Å². The molecule has 0 aliphatic carbocycles. The summed E-state index contributed by atoms with van der Waals surface area (Å²) in [6.45, 7) is 4.07. The Hall–Kier alpha value is -2.69. The highest BCUT2D eigenvalue weighted by molar-refractivity contribution is 5.89. The van der Waals surface area contributed by atoms with Gasteiger partial charge in [-0.1, -0.05) is 18.2 Å². The number of hydrogen-bond donors (Lipinski definition) is 1. The van der Waals surface area contributed by atoms with E-state index in [-0.39, 0.29) is 13.2 Å². The predicted molar refractivity (Wildman–Crippen MR) is 100 cm³/mol. The Kier molecular flexibility index (Phi) is 6.30. The molecule has 2 saturated heterocycles. The molecular weight excluding hydrogens is 398 g/mol. The van der Waals surface area contributed by atoms with E-state index in [9.17, 15) is 14.4 Å². The van der Waals surface area contributed by atoms with Crippen molar-refractivity contribution in [2.45, 2.75) is 50.6 Å². The van der Waals surface area contributed by atoms with Crippen molar-refractivity contribution in [1.82, 2.24) is 5.32 Å². The number of nitrogens with one attached hydrogen (secondary N) is 1. The van der Waals surface area contributed by atoms with Crippen molar-refractivity contribution in [3.05, 3.63) is 35.9 Å². The van der Waals surface area contributed by atoms with Crippen LogP contribution in [-0.4, -0.2) is 68.2 Å². The van der Waals surface area contributed by atoms with Crippen molar-refractivity contribution in [2.75, 3.05) is 20.3 Å². The largest absolute Gasteiger partial charge is 0.463 e. The summed E-state index contributed by atoms with van der Waals surface area (Å²) in [7, 11) is 1.20. The van der Waals surface area contributed by atoms with Gasteiger partial charge in [-0.2, -0.15) is 0 Å². The summed E-state index contributed by atoms with van der Waals surface area (Å²) in [5, 5.41) is 2.67. The van der Waals surface area contributed by atoms with Crippen molar-refractivity contribution in [3.63, 3.8) is 0 Å². The van der Waals surface area contributed by atoms with Crippen LogP contribution in [0.3, 0.4) is 0 Å². The molecule has 0 bridgehead atoms. The fraction of sp³-hybridized carbons (Fsp3) is 0.550. The quantitative estimate of drug-likeness (QED) is 0.534. The molecule has 1 aromatic rings. The number of esters is 2. The standard InChI is InChI=1S/C20H25NO9/c1-12(22)26-10-14-20(21-18(24)25-4,15-17(28-14)30-19(2,3)29-15)11-27-16(23)13-8-6-5-7-9-13/h5-9,14-15,17H,10-11H2,1-4H3,(H,21,24)/t14-,15+,17-,20+/m1/s1. The normalized spacial score (nSPS) is 29.0. The van der Waals surface area contributed by atoms with Gasteiger partial charge in [-0.15, -0.1) is 0 Å². The first-order chi connectivity index (χ1) is 14.2. The maximum absolute atomic E-state index is 12.5. The SMILES string of the molecule is COC(=O)N[C@@]1(COC(=O)c2ccccc2)[C@@H](COC(C)=O)O[C@@H]2OC(C)(C)O[C@@H]21. The van der Waals surface area contributed by atoms with Gasteiger partial charge >= 0.3 is 18.0 Å². The van der Waals surface area contributed by atoms with Gasteiger partial charge in [0.1, 0.15) is 31.0 Å². The number of amides is 1. The smallest absolute Gasteiger partial charge is 0.407 e. The zero-order chi connectivity index (χ0) is 21.9. The van der Waals surface area contributed by atoms with Gasteiger partial charge in [-0.25, -0.2) is 9.59 Å². The number of alkyl carbamates (subject to hydrolysis) is 1. The maximum atomic E-state index is 12.5. The van der Waals surface area contributed by atoms with Crippen LogP contribution in [0, 0.1) is 0 Å². The lowest BCUT2D eigenvalue weighted by molar-refractivity contribution is -0.220. The van der Waals surface area contributed by atoms with E-state index >= 15 is 0 Å². The van der Waals surface area contributed by atoms with Gasteiger partial charge in [0.25, 0.3) is 0 Å². The molecule has 2 aliphatic heterocycles. The lowest BCUT2D eigenvalue weighted by atomic mass is 9.89. The second-order valence-corrected chi connectivity index (χ2v) is 7.45. The van der Waals surface area contributed by atoms with Crippen molar-refractivity contribution in [2.24, 2.45) is 0 Å². The van der Waals surface area contributed by atoms with Crippen LogP contribution in [0.4, 0.5) is 4.79 Å². The van der Waals surface area contributed by atoms with E-state index in [1.165, 1.54) is 14.0 Å². The predicted octanol–water partition coefficient (Wildman–Crippen LogP) is 1.38. The number of hydrogen-bond acceptors (Lipinski definition) is 9. The molecule has 2 aliphatic rings. The molecule has 30 heavy (non-hydrogen) atoms. The Balaban J connectivity index is 1.89. The van der Waals surface area contributed by atoms with Crippen LogP contribution >= 0.6 is 0 Å². The first-order valence-corrected chi connectivity index (χ1v) is 9.39. The van der Waals surface area contributed by atoms with E-state index in [4.69, 9.17) is 28.4 Å². The van der Waals surface area contributed by atoms with Gasteiger partial charge in [-0.05, 0) is 26.0 Å². The molecule has 0 radical (unpaired) electrons. The molecule has 0 unspecified atom stereocenters. The van der Waals surface area contributed by atoms with Crippen LogP contribution in [-0.2, 0) is 33.2 Å². The highest BCUT2D eigenvalue weighted by atomic mass is 16.8. The lowest BCUT2D eigenvalue weighted by Gasteiger charge is -2.37. The third-order valence-corrected chi connectivity index (χ3v) is 4.85. The first kappa shape index (κ1) is 22.0. The van der Waals surface area contributed by atoms with Crippen molar-refractivity contribution < 1.29 is 42.8 Å². The third kappa shape index (κ3) is 4.55. The summed E-state index contributed by atoms with van der Waals surface area (Å²) in [6.07, 6.45) is -3.45. The monoisotopic (exact) mass is 423 g/mol. The number of methoxy groups -OCH3 is 1. The number of carbonyl (C=O) groups excluding carboxylic acids is 3. The van der Waals surface area contributed by atoms with E-state index in [1.54, 1.807) is 44.2 Å². The Morgan fingerprint density at radius 1 is 1.10 bits per heavy atom. The fourth-order valence-electron chi connectivity index (χ4n) is 3.47. The van der Waals surface area contributed by atoms with Crippen molar-refractivity contribution >= 4 is 18.0 Å². The Bertz CT molecular complexity index is 797. The summed E-state index contributed by atoms with van der Waals surface area (Å²) in [5.41, 5.74) is -1.09. The summed E-state index contributed by atoms with van der Waals surface area (Å²) < 4.78 is 33.0. The average molecular weight is 423 g/mol. The van der Waals surface area contributed by atoms with E-state index in [1.807, 2.05) is 0 Å². The minimum Gasteiger partial charge on any atom is -0.463 e. The van der Waals surface area contributed by atoms with Crippen molar-refractivity contribution in [3.8, 4) is 0 Å². The van der Waals surface area contributed by atoms with Crippen LogP contribution in [0.25, 0.3) is 0 Å². The number of fused-ring (bicyclic) bond motifs is 1. The molecule has 0 spiro atoms. The van der Waals surface area contributed by atoms with Gasteiger partial charge in [-0.3, -0.25) is 4.79 Å². The topological polar surface area (TPSA) is 119 Å². The van der Waals surface area contributed by atoms with Crippen LogP contribution in [0.2, 0.25) is 0 Å². The molecule has 0 aromatic heterocycles. The fourth-order valence-corrected chi connectivity index (χ4v) is 3.47. The van der Waals surface area contributed by atoms with E-state index in [0.29, 0.717) is 5.56 Å². The zero-order valence-corrected chi connectivity index (χ0v) is 17.2. The third-order valence-electron chi connectivity index (χ3n) is 4.85. The number of benzene rings is 1. The molecule has 4 atom stereocenters. The number of ether oxygens (including phenoxy) is 6. The molecule has 1 aromatic carbocycles. The van der Waals surface area contributed by atoms with Gasteiger partial charge in [0.15, 0.2) is 12.1 Å². The van der Waals surface area contributed by atoms with E-state index in [2.05, 4.69) is 5.32 Å². The molecule has 0 saturated carbocycles. The summed E-state index contributed by atoms with van der Waals surface area (Å²) in [6, 6.07) is 8.38. The maximum Gasteiger partial charge on any atom is 0.407 e. The molecule has 3 rings (SSSR count). The molecule has 2 fully saturated rings. The first-order valence-electron chi connectivity index (χ1n) is 9.39. The van der Waals surface area contributed by atoms with Gasteiger partial charge in [0.05, 0.1) is 12.7 Å². The van der Waals surface area contributed by atoms with Crippen LogP contribution in [0.1, 0.15) is 31.1 Å². The van der Waals surface area contributed by atoms with E-state index < -0.39 is 47.9 Å². The minimum absolute atomic E-state index is 0.220. The van der Waals surface area contributed by atoms with Gasteiger partial charge < -0.3 is 33.7 Å². The second-order valence-electron chi connectivity index (χ2n) is 7.45. The molecule has 10 heteroatoms. The minimum atomic E-state index is -1.43. The molecule has 1 N–H and O–H groups in total. The molecule has 10 nitrogen and oxygen atoms in total. The van der Waals surface area contributed by atoms with E-state index in [0.717, 1.165) is 0 Å². The molecule has 2 heterocycles. The zero-order valence-electron chi connectivity index (χ0n) is 17.2. The highest BCUT2D eigenvalue weighted by Gasteiger charge is 2.65. The second kappa shape index (κ2) is 8.58. The summed E-state index contributed by atoms with van der Waals surface area (Å²) in [4.78, 5) is 36.1.